The summed E-state index contributed by atoms with van der Waals surface area (Å²) in [5, 5.41) is 2.20. The molecule has 0 aliphatic heterocycles. The number of nitrogens with zero attached hydrogens (tertiary/aromatic N) is 1. The van der Waals surface area contributed by atoms with Gasteiger partial charge in [0.1, 0.15) is 5.82 Å². The lowest BCUT2D eigenvalue weighted by atomic mass is 10.1. The third kappa shape index (κ3) is 1.91. The predicted molar refractivity (Wildman–Crippen MR) is 57.9 cm³/mol. The molecule has 76 valence electrons. The Morgan fingerprint density at radius 1 is 1.47 bits per heavy atom. The molecule has 0 aliphatic carbocycles. The van der Waals surface area contributed by atoms with Crippen LogP contribution in [0, 0.1) is 5.82 Å². The zero-order valence-corrected chi connectivity index (χ0v) is 8.98. The summed E-state index contributed by atoms with van der Waals surface area (Å²) in [5.74, 6) is -0.440. The average molecular weight is 242 g/mol. The summed E-state index contributed by atoms with van der Waals surface area (Å²) in [5.41, 5.74) is 0.633. The zero-order valence-electron chi connectivity index (χ0n) is 7.41. The second kappa shape index (κ2) is 4.08. The van der Waals surface area contributed by atoms with Crippen molar-refractivity contribution in [1.82, 2.24) is 4.98 Å². The number of aromatic nitrogens is 1. The van der Waals surface area contributed by atoms with Gasteiger partial charge in [0.25, 0.3) is 0 Å². The molecule has 0 aliphatic rings. The van der Waals surface area contributed by atoms with Gasteiger partial charge in [-0.3, -0.25) is 4.79 Å². The van der Waals surface area contributed by atoms with Gasteiger partial charge < -0.3 is 0 Å². The Kier molecular flexibility index (Phi) is 2.79. The standard InChI is InChI=1S/C10H5ClFNOS/c11-6-2-1-3-7(12)10(6)8-5-15-9(4-14)13-8/h1-5H. The van der Waals surface area contributed by atoms with Crippen LogP contribution in [-0.2, 0) is 0 Å². The van der Waals surface area contributed by atoms with Crippen LogP contribution in [0.4, 0.5) is 4.39 Å². The Hall–Kier alpha value is -1.26. The van der Waals surface area contributed by atoms with E-state index in [1.54, 1.807) is 11.4 Å². The molecule has 0 saturated heterocycles. The molecule has 0 fully saturated rings. The van der Waals surface area contributed by atoms with Gasteiger partial charge in [-0.05, 0) is 12.1 Å². The van der Waals surface area contributed by atoms with Crippen LogP contribution >= 0.6 is 22.9 Å². The third-order valence-electron chi connectivity index (χ3n) is 1.84. The number of aldehydes is 1. The number of halogens is 2. The fraction of sp³-hybridized carbons (Fsp3) is 0. The predicted octanol–water partition coefficient (Wildman–Crippen LogP) is 3.42. The van der Waals surface area contributed by atoms with Gasteiger partial charge in [-0.15, -0.1) is 11.3 Å². The van der Waals surface area contributed by atoms with E-state index in [0.29, 0.717) is 17.0 Å². The molecule has 1 aromatic carbocycles. The number of hydrogen-bond acceptors (Lipinski definition) is 3. The van der Waals surface area contributed by atoms with E-state index in [9.17, 15) is 9.18 Å². The quantitative estimate of drug-likeness (QED) is 0.754. The van der Waals surface area contributed by atoms with Crippen molar-refractivity contribution in [1.29, 1.82) is 0 Å². The highest BCUT2D eigenvalue weighted by atomic mass is 35.5. The Morgan fingerprint density at radius 2 is 2.27 bits per heavy atom. The normalized spacial score (nSPS) is 10.3. The summed E-state index contributed by atoms with van der Waals surface area (Å²) in [4.78, 5) is 14.4. The van der Waals surface area contributed by atoms with Gasteiger partial charge in [-0.1, -0.05) is 17.7 Å². The lowest BCUT2D eigenvalue weighted by molar-refractivity contribution is 0.112. The molecule has 1 heterocycles. The molecule has 0 saturated carbocycles. The fourth-order valence-corrected chi connectivity index (χ4v) is 2.07. The Labute approximate surface area is 94.3 Å². The largest absolute Gasteiger partial charge is 0.295 e. The number of benzene rings is 1. The van der Waals surface area contributed by atoms with Gasteiger partial charge in [0.2, 0.25) is 0 Å². The molecule has 0 spiro atoms. The summed E-state index contributed by atoms with van der Waals surface area (Å²) in [7, 11) is 0. The smallest absolute Gasteiger partial charge is 0.178 e. The van der Waals surface area contributed by atoms with Crippen LogP contribution in [0.25, 0.3) is 11.3 Å². The Balaban J connectivity index is 2.58. The van der Waals surface area contributed by atoms with Crippen molar-refractivity contribution in [2.24, 2.45) is 0 Å². The molecule has 15 heavy (non-hydrogen) atoms. The molecule has 2 nitrogen and oxygen atoms in total. The van der Waals surface area contributed by atoms with E-state index < -0.39 is 5.82 Å². The lowest BCUT2D eigenvalue weighted by Crippen LogP contribution is -1.86. The SMILES string of the molecule is O=Cc1nc(-c2c(F)cccc2Cl)cs1. The van der Waals surface area contributed by atoms with Crippen LogP contribution in [0.3, 0.4) is 0 Å². The first-order chi connectivity index (χ1) is 7.22. The lowest BCUT2D eigenvalue weighted by Gasteiger charge is -2.01. The molecule has 0 atom stereocenters. The number of hydrogen-bond donors (Lipinski definition) is 0. The van der Waals surface area contributed by atoms with Crippen LogP contribution in [0.5, 0.6) is 0 Å². The first-order valence-electron chi connectivity index (χ1n) is 4.07. The molecule has 0 radical (unpaired) electrons. The minimum atomic E-state index is -0.440. The van der Waals surface area contributed by atoms with Crippen molar-refractivity contribution >= 4 is 29.2 Å². The van der Waals surface area contributed by atoms with Gasteiger partial charge in [0.05, 0.1) is 16.3 Å². The zero-order chi connectivity index (χ0) is 10.8. The average Bonchev–Trinajstić information content (AvgIpc) is 2.66. The van der Waals surface area contributed by atoms with Crippen LogP contribution in [0.15, 0.2) is 23.6 Å². The number of thiazole rings is 1. The van der Waals surface area contributed by atoms with E-state index >= 15 is 0 Å². The maximum atomic E-state index is 13.4. The Morgan fingerprint density at radius 3 is 2.87 bits per heavy atom. The van der Waals surface area contributed by atoms with Crippen molar-refractivity contribution in [3.8, 4) is 11.3 Å². The van der Waals surface area contributed by atoms with E-state index in [0.717, 1.165) is 11.3 Å². The summed E-state index contributed by atoms with van der Waals surface area (Å²) in [6.07, 6.45) is 0.628. The molecular weight excluding hydrogens is 237 g/mol. The molecule has 0 amide bonds. The minimum Gasteiger partial charge on any atom is -0.295 e. The summed E-state index contributed by atoms with van der Waals surface area (Å²) < 4.78 is 13.4. The highest BCUT2D eigenvalue weighted by molar-refractivity contribution is 7.11. The van der Waals surface area contributed by atoms with Crippen LogP contribution < -0.4 is 0 Å². The van der Waals surface area contributed by atoms with Gasteiger partial charge in [-0.25, -0.2) is 9.37 Å². The van der Waals surface area contributed by atoms with Crippen molar-refractivity contribution in [3.63, 3.8) is 0 Å². The molecule has 0 bridgehead atoms. The van der Waals surface area contributed by atoms with Crippen molar-refractivity contribution in [2.45, 2.75) is 0 Å². The van der Waals surface area contributed by atoms with Crippen molar-refractivity contribution in [2.75, 3.05) is 0 Å². The number of carbonyl (C=O) groups excluding carboxylic acids is 1. The fourth-order valence-electron chi connectivity index (χ4n) is 1.20. The van der Waals surface area contributed by atoms with Gasteiger partial charge in [-0.2, -0.15) is 0 Å². The van der Waals surface area contributed by atoms with E-state index in [4.69, 9.17) is 11.6 Å². The second-order valence-corrected chi connectivity index (χ2v) is 4.08. The van der Waals surface area contributed by atoms with Crippen LogP contribution in [0.1, 0.15) is 9.80 Å². The second-order valence-electron chi connectivity index (χ2n) is 2.79. The van der Waals surface area contributed by atoms with Crippen LogP contribution in [0.2, 0.25) is 5.02 Å². The molecular formula is C10H5ClFNOS. The molecule has 0 N–H and O–H groups in total. The topological polar surface area (TPSA) is 30.0 Å². The summed E-state index contributed by atoms with van der Waals surface area (Å²) in [6, 6.07) is 4.41. The van der Waals surface area contributed by atoms with E-state index in [1.807, 2.05) is 0 Å². The molecule has 1 aromatic heterocycles. The molecule has 2 rings (SSSR count). The van der Waals surface area contributed by atoms with Crippen LogP contribution in [-0.4, -0.2) is 11.3 Å². The van der Waals surface area contributed by atoms with Gasteiger partial charge in [0, 0.05) is 5.38 Å². The first kappa shape index (κ1) is 10.3. The summed E-state index contributed by atoms with van der Waals surface area (Å²) in [6.45, 7) is 0. The number of carbonyl (C=O) groups is 1. The highest BCUT2D eigenvalue weighted by Gasteiger charge is 2.12. The maximum Gasteiger partial charge on any atom is 0.178 e. The van der Waals surface area contributed by atoms with E-state index in [-0.39, 0.29) is 10.6 Å². The molecule has 5 heteroatoms. The summed E-state index contributed by atoms with van der Waals surface area (Å²) >= 11 is 7.01. The van der Waals surface area contributed by atoms with E-state index in [1.165, 1.54) is 12.1 Å². The van der Waals surface area contributed by atoms with Crippen molar-refractivity contribution in [3.05, 3.63) is 39.4 Å². The molecule has 0 unspecified atom stereocenters. The van der Waals surface area contributed by atoms with Gasteiger partial charge >= 0.3 is 0 Å². The highest BCUT2D eigenvalue weighted by Crippen LogP contribution is 2.30. The molecule has 2 aromatic rings. The maximum absolute atomic E-state index is 13.4. The minimum absolute atomic E-state index is 0.239. The van der Waals surface area contributed by atoms with Crippen molar-refractivity contribution < 1.29 is 9.18 Å². The monoisotopic (exact) mass is 241 g/mol. The third-order valence-corrected chi connectivity index (χ3v) is 2.93. The number of rotatable bonds is 2. The Bertz CT molecular complexity index is 492. The van der Waals surface area contributed by atoms with E-state index in [2.05, 4.69) is 4.98 Å². The van der Waals surface area contributed by atoms with Gasteiger partial charge in [0.15, 0.2) is 11.3 Å². The first-order valence-corrected chi connectivity index (χ1v) is 5.33.